The minimum Gasteiger partial charge on any atom is -0.384 e. The Morgan fingerprint density at radius 2 is 2.12 bits per heavy atom. The maximum atomic E-state index is 11.7. The average Bonchev–Trinajstić information content (AvgIpc) is 2.84. The van der Waals surface area contributed by atoms with Crippen LogP contribution >= 0.6 is 0 Å². The fourth-order valence-corrected chi connectivity index (χ4v) is 3.17. The summed E-state index contributed by atoms with van der Waals surface area (Å²) in [6.45, 7) is 1.96. The van der Waals surface area contributed by atoms with Crippen LogP contribution in [0.1, 0.15) is 18.0 Å². The molecule has 2 aromatic heterocycles. The molecule has 0 radical (unpaired) electrons. The van der Waals surface area contributed by atoms with Crippen molar-refractivity contribution >= 4 is 21.4 Å². The van der Waals surface area contributed by atoms with E-state index in [1.54, 1.807) is 24.8 Å². The second-order valence-electron chi connectivity index (χ2n) is 6.10. The number of nitrogen functional groups attached to an aromatic ring is 1. The summed E-state index contributed by atoms with van der Waals surface area (Å²) in [5, 5.41) is 4.69. The number of nitrogens with zero attached hydrogens (tertiary/aromatic N) is 4. The lowest BCUT2D eigenvalue weighted by molar-refractivity contribution is 0.550. The van der Waals surface area contributed by atoms with E-state index in [2.05, 4.69) is 26.6 Å². The summed E-state index contributed by atoms with van der Waals surface area (Å²) in [7, 11) is -2.22. The van der Waals surface area contributed by atoms with Crippen molar-refractivity contribution in [3.05, 3.63) is 48.2 Å². The minimum atomic E-state index is -2.22. The van der Waals surface area contributed by atoms with Gasteiger partial charge in [-0.3, -0.25) is 0 Å². The molecule has 3 rings (SSSR count). The quantitative estimate of drug-likeness (QED) is 0.927. The Hall–Kier alpha value is -2.41. The van der Waals surface area contributed by atoms with Gasteiger partial charge in [-0.05, 0) is 25.5 Å². The van der Waals surface area contributed by atoms with Crippen molar-refractivity contribution in [2.45, 2.75) is 19.4 Å². The predicted octanol–water partition coefficient (Wildman–Crippen LogP) is 3.25. The first-order valence-corrected chi connectivity index (χ1v) is 10.00. The van der Waals surface area contributed by atoms with Gasteiger partial charge in [0.25, 0.3) is 0 Å². The zero-order valence-corrected chi connectivity index (χ0v) is 14.8. The van der Waals surface area contributed by atoms with Gasteiger partial charge < -0.3 is 5.73 Å². The Kier molecular flexibility index (Phi) is 4.28. The van der Waals surface area contributed by atoms with Crippen molar-refractivity contribution in [1.29, 1.82) is 0 Å². The van der Waals surface area contributed by atoms with Gasteiger partial charge in [0.15, 0.2) is 5.82 Å². The summed E-state index contributed by atoms with van der Waals surface area (Å²) in [6, 6.07) is 3.77. The highest BCUT2D eigenvalue weighted by Crippen LogP contribution is 2.31. The molecule has 6 nitrogen and oxygen atoms in total. The molecule has 0 saturated heterocycles. The molecule has 1 atom stereocenters. The van der Waals surface area contributed by atoms with E-state index in [4.69, 9.17) is 5.73 Å². The van der Waals surface area contributed by atoms with E-state index in [0.29, 0.717) is 11.6 Å². The fraction of sp³-hybridized carbons (Fsp3) is 0.294. The number of hydrogen-bond donors (Lipinski definition) is 1. The molecule has 0 saturated carbocycles. The van der Waals surface area contributed by atoms with E-state index < -0.39 is 9.73 Å². The predicted molar refractivity (Wildman–Crippen MR) is 98.6 cm³/mol. The van der Waals surface area contributed by atoms with Gasteiger partial charge in [-0.2, -0.15) is 9.46 Å². The second-order valence-corrected chi connectivity index (χ2v) is 8.64. The largest absolute Gasteiger partial charge is 0.384 e. The lowest BCUT2D eigenvalue weighted by Gasteiger charge is -2.15. The monoisotopic (exact) mass is 343 g/mol. The van der Waals surface area contributed by atoms with E-state index >= 15 is 0 Å². The summed E-state index contributed by atoms with van der Waals surface area (Å²) in [4.78, 5) is 4.27. The highest BCUT2D eigenvalue weighted by molar-refractivity contribution is 7.92. The third-order valence-corrected chi connectivity index (χ3v) is 4.43. The molecule has 0 aliphatic heterocycles. The maximum Gasteiger partial charge on any atom is 0.161 e. The zero-order valence-electron chi connectivity index (χ0n) is 14.0. The zero-order chi connectivity index (χ0) is 17.3. The van der Waals surface area contributed by atoms with E-state index in [-0.39, 0.29) is 6.04 Å². The summed E-state index contributed by atoms with van der Waals surface area (Å²) >= 11 is 0. The van der Waals surface area contributed by atoms with Crippen molar-refractivity contribution in [2.75, 3.05) is 18.2 Å². The van der Waals surface area contributed by atoms with E-state index in [9.17, 15) is 4.21 Å². The Labute approximate surface area is 142 Å². The molecule has 0 fully saturated rings. The topological polar surface area (TPSA) is 86.2 Å². The van der Waals surface area contributed by atoms with Gasteiger partial charge in [0.05, 0.1) is 11.7 Å². The first-order chi connectivity index (χ1) is 11.3. The van der Waals surface area contributed by atoms with Gasteiger partial charge in [-0.1, -0.05) is 24.3 Å². The smallest absolute Gasteiger partial charge is 0.161 e. The molecule has 1 aliphatic carbocycles. The van der Waals surface area contributed by atoms with Crippen molar-refractivity contribution in [2.24, 2.45) is 4.36 Å². The van der Waals surface area contributed by atoms with E-state index in [1.165, 1.54) is 0 Å². The van der Waals surface area contributed by atoms with Crippen LogP contribution in [0.4, 0.5) is 11.6 Å². The van der Waals surface area contributed by atoms with Crippen LogP contribution in [0.2, 0.25) is 0 Å². The third kappa shape index (κ3) is 3.41. The summed E-state index contributed by atoms with van der Waals surface area (Å²) in [5.74, 6) is 1.12. The van der Waals surface area contributed by atoms with Crippen LogP contribution in [-0.4, -0.2) is 31.5 Å². The average molecular weight is 343 g/mol. The van der Waals surface area contributed by atoms with Gasteiger partial charge in [0.1, 0.15) is 5.82 Å². The third-order valence-electron chi connectivity index (χ3n) is 3.80. The highest BCUT2D eigenvalue weighted by Gasteiger charge is 2.18. The second kappa shape index (κ2) is 6.24. The van der Waals surface area contributed by atoms with Crippen LogP contribution < -0.4 is 5.73 Å². The highest BCUT2D eigenvalue weighted by atomic mass is 32.2. The normalized spacial score (nSPS) is 17.2. The summed E-state index contributed by atoms with van der Waals surface area (Å²) in [6.07, 6.45) is 14.0. The Morgan fingerprint density at radius 3 is 2.71 bits per heavy atom. The van der Waals surface area contributed by atoms with Gasteiger partial charge in [-0.25, -0.2) is 13.9 Å². The number of hydrogen-bond acceptors (Lipinski definition) is 5. The Bertz CT molecular complexity index is 923. The molecule has 1 unspecified atom stereocenters. The number of nitrogens with two attached hydrogens (primary N) is 1. The van der Waals surface area contributed by atoms with E-state index in [1.807, 2.05) is 29.8 Å². The van der Waals surface area contributed by atoms with Crippen molar-refractivity contribution < 1.29 is 4.21 Å². The van der Waals surface area contributed by atoms with Crippen molar-refractivity contribution in [1.82, 2.24) is 14.8 Å². The molecule has 2 aromatic rings. The molecule has 2 heterocycles. The number of pyridine rings is 1. The molecule has 0 bridgehead atoms. The number of aromatic nitrogens is 3. The Morgan fingerprint density at radius 1 is 1.33 bits per heavy atom. The molecule has 2 N–H and O–H groups in total. The molecule has 24 heavy (non-hydrogen) atoms. The van der Waals surface area contributed by atoms with Crippen LogP contribution in [0.15, 0.2) is 47.0 Å². The van der Waals surface area contributed by atoms with E-state index in [0.717, 1.165) is 23.2 Å². The SMILES string of the molecule is Cc1c(-c2ccc(N=S(C)(C)=O)nc2)nn(C2C=CC=CC2)c1N. The molecule has 0 aromatic carbocycles. The Balaban J connectivity index is 1.97. The molecule has 126 valence electrons. The van der Waals surface area contributed by atoms with Gasteiger partial charge in [0.2, 0.25) is 0 Å². The summed E-state index contributed by atoms with van der Waals surface area (Å²) in [5.41, 5.74) is 8.86. The lowest BCUT2D eigenvalue weighted by Crippen LogP contribution is -2.12. The van der Waals surface area contributed by atoms with Crippen LogP contribution in [0.5, 0.6) is 0 Å². The van der Waals surface area contributed by atoms with Crippen LogP contribution in [0, 0.1) is 6.92 Å². The molecule has 7 heteroatoms. The first kappa shape index (κ1) is 16.4. The maximum absolute atomic E-state index is 11.7. The summed E-state index contributed by atoms with van der Waals surface area (Å²) < 4.78 is 17.7. The molecular weight excluding hydrogens is 322 g/mol. The molecule has 0 amide bonds. The number of allylic oxidation sites excluding steroid dienone is 4. The van der Waals surface area contributed by atoms with Crippen molar-refractivity contribution in [3.63, 3.8) is 0 Å². The van der Waals surface area contributed by atoms with Gasteiger partial charge in [0, 0.05) is 39.6 Å². The number of anilines is 1. The van der Waals surface area contributed by atoms with Crippen LogP contribution in [0.3, 0.4) is 0 Å². The minimum absolute atomic E-state index is 0.134. The van der Waals surface area contributed by atoms with Gasteiger partial charge in [-0.15, -0.1) is 0 Å². The fourth-order valence-electron chi connectivity index (χ4n) is 2.61. The van der Waals surface area contributed by atoms with Crippen LogP contribution in [0.25, 0.3) is 11.3 Å². The molecule has 0 spiro atoms. The number of rotatable bonds is 3. The lowest BCUT2D eigenvalue weighted by atomic mass is 10.1. The van der Waals surface area contributed by atoms with Crippen LogP contribution in [-0.2, 0) is 9.73 Å². The van der Waals surface area contributed by atoms with Crippen molar-refractivity contribution in [3.8, 4) is 11.3 Å². The first-order valence-electron chi connectivity index (χ1n) is 7.66. The molecular formula is C17H21N5OS. The standard InChI is InChI=1S/C17H21N5OS/c1-12-16(13-9-10-15(19-11-13)21-24(2,3)23)20-22(17(12)18)14-7-5-4-6-8-14/h4-7,9-11,14H,8,18H2,1-3H3. The van der Waals surface area contributed by atoms with Gasteiger partial charge >= 0.3 is 0 Å². The molecule has 1 aliphatic rings.